The standard InChI is InChI=1S/C14H9N5OS/c20-11-4-3-9-12(18-19-13(9)17-11)10-7-16-14(21-10)8-2-1-5-15-6-8/h1-7H,(H2,17,18,19,20). The minimum atomic E-state index is -0.166. The Hall–Kier alpha value is -2.80. The Morgan fingerprint density at radius 3 is 2.95 bits per heavy atom. The van der Waals surface area contributed by atoms with Gasteiger partial charge in [-0.1, -0.05) is 0 Å². The van der Waals surface area contributed by atoms with Crippen molar-refractivity contribution in [1.82, 2.24) is 25.1 Å². The summed E-state index contributed by atoms with van der Waals surface area (Å²) in [6.07, 6.45) is 5.31. The maximum Gasteiger partial charge on any atom is 0.249 e. The molecule has 0 aliphatic heterocycles. The molecule has 7 heteroatoms. The normalized spacial score (nSPS) is 11.0. The lowest BCUT2D eigenvalue weighted by Gasteiger charge is -1.93. The third-order valence-corrected chi connectivity index (χ3v) is 4.17. The summed E-state index contributed by atoms with van der Waals surface area (Å²) in [6.45, 7) is 0. The van der Waals surface area contributed by atoms with Crippen LogP contribution in [-0.4, -0.2) is 25.1 Å². The molecule has 6 nitrogen and oxygen atoms in total. The highest BCUT2D eigenvalue weighted by Crippen LogP contribution is 2.33. The van der Waals surface area contributed by atoms with Crippen molar-refractivity contribution in [2.24, 2.45) is 0 Å². The van der Waals surface area contributed by atoms with E-state index >= 15 is 0 Å². The fraction of sp³-hybridized carbons (Fsp3) is 0. The molecule has 2 N–H and O–H groups in total. The predicted octanol–water partition coefficient (Wildman–Crippen LogP) is 2.44. The Morgan fingerprint density at radius 2 is 2.10 bits per heavy atom. The highest BCUT2D eigenvalue weighted by Gasteiger charge is 2.12. The van der Waals surface area contributed by atoms with Crippen molar-refractivity contribution in [1.29, 1.82) is 0 Å². The van der Waals surface area contributed by atoms with Gasteiger partial charge in [-0.2, -0.15) is 5.10 Å². The van der Waals surface area contributed by atoms with Crippen molar-refractivity contribution in [3.05, 3.63) is 53.2 Å². The number of fused-ring (bicyclic) bond motifs is 1. The molecule has 4 rings (SSSR count). The number of nitrogens with zero attached hydrogens (tertiary/aromatic N) is 3. The number of nitrogens with one attached hydrogen (secondary N) is 2. The summed E-state index contributed by atoms with van der Waals surface area (Å²) in [7, 11) is 0. The molecule has 0 unspecified atom stereocenters. The number of thiazole rings is 1. The van der Waals surface area contributed by atoms with Gasteiger partial charge in [-0.05, 0) is 18.2 Å². The first-order valence-corrected chi connectivity index (χ1v) is 7.07. The van der Waals surface area contributed by atoms with Crippen molar-refractivity contribution in [2.75, 3.05) is 0 Å². The molecule has 0 aliphatic carbocycles. The molecule has 4 heterocycles. The van der Waals surface area contributed by atoms with E-state index in [1.54, 1.807) is 36.0 Å². The van der Waals surface area contributed by atoms with Gasteiger partial charge in [0.2, 0.25) is 5.56 Å². The molecule has 0 aromatic carbocycles. The number of pyridine rings is 2. The van der Waals surface area contributed by atoms with E-state index in [1.165, 1.54) is 6.07 Å². The lowest BCUT2D eigenvalue weighted by Crippen LogP contribution is -2.01. The van der Waals surface area contributed by atoms with Crippen LogP contribution in [0.1, 0.15) is 0 Å². The molecule has 0 saturated carbocycles. The summed E-state index contributed by atoms with van der Waals surface area (Å²) < 4.78 is 0. The van der Waals surface area contributed by atoms with Crippen LogP contribution >= 0.6 is 11.3 Å². The maximum atomic E-state index is 11.3. The van der Waals surface area contributed by atoms with Gasteiger partial charge in [0.15, 0.2) is 5.65 Å². The van der Waals surface area contributed by atoms with Gasteiger partial charge >= 0.3 is 0 Å². The van der Waals surface area contributed by atoms with E-state index in [1.807, 2.05) is 12.1 Å². The number of aromatic amines is 2. The van der Waals surface area contributed by atoms with E-state index in [9.17, 15) is 4.79 Å². The van der Waals surface area contributed by atoms with Gasteiger partial charge in [-0.15, -0.1) is 11.3 Å². The molecule has 0 fully saturated rings. The highest BCUT2D eigenvalue weighted by atomic mass is 32.1. The molecule has 21 heavy (non-hydrogen) atoms. The Morgan fingerprint density at radius 1 is 1.14 bits per heavy atom. The Balaban J connectivity index is 1.83. The van der Waals surface area contributed by atoms with Crippen molar-refractivity contribution < 1.29 is 0 Å². The van der Waals surface area contributed by atoms with E-state index < -0.39 is 0 Å². The first-order chi connectivity index (χ1) is 10.3. The minimum absolute atomic E-state index is 0.166. The van der Waals surface area contributed by atoms with Gasteiger partial charge in [0.05, 0.1) is 10.6 Å². The van der Waals surface area contributed by atoms with Crippen LogP contribution in [0.4, 0.5) is 0 Å². The average Bonchev–Trinajstić information content (AvgIpc) is 3.13. The zero-order chi connectivity index (χ0) is 14.2. The second kappa shape index (κ2) is 4.64. The van der Waals surface area contributed by atoms with Crippen LogP contribution in [0.15, 0.2) is 47.7 Å². The summed E-state index contributed by atoms with van der Waals surface area (Å²) in [5, 5.41) is 8.85. The highest BCUT2D eigenvalue weighted by molar-refractivity contribution is 7.18. The van der Waals surface area contributed by atoms with E-state index in [0.717, 1.165) is 26.5 Å². The van der Waals surface area contributed by atoms with Gasteiger partial charge in [-0.25, -0.2) is 4.98 Å². The molecule has 0 spiro atoms. The summed E-state index contributed by atoms with van der Waals surface area (Å²) in [4.78, 5) is 23.5. The second-order valence-electron chi connectivity index (χ2n) is 4.45. The Labute approximate surface area is 122 Å². The summed E-state index contributed by atoms with van der Waals surface area (Å²) in [5.41, 5.74) is 2.22. The molecule has 4 aromatic heterocycles. The van der Waals surface area contributed by atoms with Gasteiger partial charge in [0, 0.05) is 35.6 Å². The smallest absolute Gasteiger partial charge is 0.249 e. The third-order valence-electron chi connectivity index (χ3n) is 3.11. The van der Waals surface area contributed by atoms with E-state index in [-0.39, 0.29) is 5.56 Å². The van der Waals surface area contributed by atoms with Crippen molar-refractivity contribution in [3.8, 4) is 21.1 Å². The molecule has 0 aliphatic rings. The predicted molar refractivity (Wildman–Crippen MR) is 81.1 cm³/mol. The summed E-state index contributed by atoms with van der Waals surface area (Å²) in [5.74, 6) is 0. The van der Waals surface area contributed by atoms with Gasteiger partial charge in [0.25, 0.3) is 0 Å². The number of hydrogen-bond acceptors (Lipinski definition) is 5. The molecular formula is C14H9N5OS. The molecule has 4 aromatic rings. The zero-order valence-corrected chi connectivity index (χ0v) is 11.5. The van der Waals surface area contributed by atoms with Gasteiger partial charge in [0.1, 0.15) is 5.01 Å². The molecule has 102 valence electrons. The minimum Gasteiger partial charge on any atom is -0.305 e. The molecule has 0 bridgehead atoms. The van der Waals surface area contributed by atoms with Crippen LogP contribution in [0.3, 0.4) is 0 Å². The molecule has 0 amide bonds. The maximum absolute atomic E-state index is 11.3. The quantitative estimate of drug-likeness (QED) is 0.594. The Kier molecular flexibility index (Phi) is 2.65. The Bertz CT molecular complexity index is 970. The fourth-order valence-corrected chi connectivity index (χ4v) is 3.04. The lowest BCUT2D eigenvalue weighted by atomic mass is 10.2. The van der Waals surface area contributed by atoms with Crippen molar-refractivity contribution >= 4 is 22.4 Å². The second-order valence-corrected chi connectivity index (χ2v) is 5.49. The van der Waals surface area contributed by atoms with Crippen LogP contribution in [0, 0.1) is 0 Å². The molecular weight excluding hydrogens is 286 g/mol. The van der Waals surface area contributed by atoms with Crippen molar-refractivity contribution in [2.45, 2.75) is 0 Å². The number of rotatable bonds is 2. The van der Waals surface area contributed by atoms with Crippen LogP contribution in [0.25, 0.3) is 32.2 Å². The largest absolute Gasteiger partial charge is 0.305 e. The van der Waals surface area contributed by atoms with Crippen LogP contribution in [-0.2, 0) is 0 Å². The third kappa shape index (κ3) is 2.03. The number of aromatic nitrogens is 5. The number of hydrogen-bond donors (Lipinski definition) is 2. The van der Waals surface area contributed by atoms with E-state index in [4.69, 9.17) is 0 Å². The monoisotopic (exact) mass is 295 g/mol. The molecule has 0 radical (unpaired) electrons. The van der Waals surface area contributed by atoms with Gasteiger partial charge < -0.3 is 4.98 Å². The van der Waals surface area contributed by atoms with Gasteiger partial charge in [-0.3, -0.25) is 14.9 Å². The lowest BCUT2D eigenvalue weighted by molar-refractivity contribution is 1.09. The van der Waals surface area contributed by atoms with Crippen LogP contribution in [0.5, 0.6) is 0 Å². The molecule has 0 atom stereocenters. The topological polar surface area (TPSA) is 87.3 Å². The summed E-state index contributed by atoms with van der Waals surface area (Å²) >= 11 is 1.55. The average molecular weight is 295 g/mol. The number of H-pyrrole nitrogens is 2. The first-order valence-electron chi connectivity index (χ1n) is 6.25. The van der Waals surface area contributed by atoms with Crippen LogP contribution in [0.2, 0.25) is 0 Å². The molecule has 0 saturated heterocycles. The fourth-order valence-electron chi connectivity index (χ4n) is 2.13. The van der Waals surface area contributed by atoms with E-state index in [2.05, 4.69) is 25.1 Å². The first kappa shape index (κ1) is 12.0. The zero-order valence-electron chi connectivity index (χ0n) is 10.7. The van der Waals surface area contributed by atoms with Crippen LogP contribution < -0.4 is 5.56 Å². The van der Waals surface area contributed by atoms with E-state index in [0.29, 0.717) is 5.65 Å². The SMILES string of the molecule is O=c1ccc2c(-c3cnc(-c4cccnc4)s3)[nH]nc2[nH]1. The summed E-state index contributed by atoms with van der Waals surface area (Å²) in [6, 6.07) is 7.10. The van der Waals surface area contributed by atoms with Crippen molar-refractivity contribution in [3.63, 3.8) is 0 Å².